The lowest BCUT2D eigenvalue weighted by atomic mass is 9.65. The number of nitrogens with one attached hydrogen (secondary N) is 1. The Bertz CT molecular complexity index is 569. The fourth-order valence-electron chi connectivity index (χ4n) is 4.62. The van der Waals surface area contributed by atoms with E-state index >= 15 is 0 Å². The van der Waals surface area contributed by atoms with Gasteiger partial charge in [0.15, 0.2) is 11.5 Å². The summed E-state index contributed by atoms with van der Waals surface area (Å²) in [4.78, 5) is 0. The van der Waals surface area contributed by atoms with Gasteiger partial charge in [-0.05, 0) is 43.2 Å². The predicted molar refractivity (Wildman–Crippen MR) is 83.2 cm³/mol. The Balaban J connectivity index is 1.77. The zero-order chi connectivity index (χ0) is 14.4. The van der Waals surface area contributed by atoms with E-state index in [1.807, 2.05) is 6.08 Å². The van der Waals surface area contributed by atoms with Gasteiger partial charge >= 0.3 is 0 Å². The van der Waals surface area contributed by atoms with Crippen LogP contribution in [0.2, 0.25) is 0 Å². The van der Waals surface area contributed by atoms with Crippen molar-refractivity contribution in [2.24, 2.45) is 5.92 Å². The summed E-state index contributed by atoms with van der Waals surface area (Å²) in [5, 5.41) is 3.68. The van der Waals surface area contributed by atoms with Gasteiger partial charge in [0.25, 0.3) is 0 Å². The molecule has 1 fully saturated rings. The third kappa shape index (κ3) is 1.90. The van der Waals surface area contributed by atoms with Crippen LogP contribution in [-0.4, -0.2) is 25.8 Å². The first-order chi connectivity index (χ1) is 10.3. The van der Waals surface area contributed by atoms with Crippen LogP contribution in [0.25, 0.3) is 0 Å². The number of hydrogen-bond acceptors (Lipinski definition) is 3. The van der Waals surface area contributed by atoms with Crippen molar-refractivity contribution in [3.63, 3.8) is 0 Å². The molecule has 3 heteroatoms. The maximum Gasteiger partial charge on any atom is 0.165 e. The molecular weight excluding hydrogens is 262 g/mol. The van der Waals surface area contributed by atoms with Crippen LogP contribution < -0.4 is 14.8 Å². The number of hydrogen-bond donors (Lipinski definition) is 1. The van der Waals surface area contributed by atoms with E-state index in [9.17, 15) is 0 Å². The summed E-state index contributed by atoms with van der Waals surface area (Å²) in [6.07, 6.45) is 7.14. The van der Waals surface area contributed by atoms with E-state index in [4.69, 9.17) is 9.47 Å². The largest absolute Gasteiger partial charge is 0.493 e. The highest BCUT2D eigenvalue weighted by molar-refractivity contribution is 5.57. The molecule has 0 bridgehead atoms. The second-order valence-corrected chi connectivity index (χ2v) is 6.45. The normalized spacial score (nSPS) is 32.2. The van der Waals surface area contributed by atoms with Crippen LogP contribution in [0.4, 0.5) is 0 Å². The fraction of sp³-hybridized carbons (Fsp3) is 0.556. The van der Waals surface area contributed by atoms with Gasteiger partial charge in [-0.25, -0.2) is 0 Å². The first-order valence-corrected chi connectivity index (χ1v) is 8.04. The van der Waals surface area contributed by atoms with Crippen molar-refractivity contribution < 1.29 is 9.47 Å². The van der Waals surface area contributed by atoms with Crippen molar-refractivity contribution in [2.75, 3.05) is 13.7 Å². The van der Waals surface area contributed by atoms with Gasteiger partial charge in [0.05, 0.1) is 7.11 Å². The maximum absolute atomic E-state index is 6.30. The van der Waals surface area contributed by atoms with E-state index in [-0.39, 0.29) is 0 Å². The van der Waals surface area contributed by atoms with Crippen LogP contribution in [-0.2, 0) is 6.42 Å². The highest BCUT2D eigenvalue weighted by Crippen LogP contribution is 2.56. The second kappa shape index (κ2) is 5.06. The van der Waals surface area contributed by atoms with E-state index in [2.05, 4.69) is 24.0 Å². The fourth-order valence-corrected chi connectivity index (χ4v) is 4.62. The molecule has 1 N–H and O–H groups in total. The average molecular weight is 285 g/mol. The van der Waals surface area contributed by atoms with E-state index in [0.717, 1.165) is 24.5 Å². The smallest absolute Gasteiger partial charge is 0.165 e. The Hall–Kier alpha value is -1.48. The minimum Gasteiger partial charge on any atom is -0.493 e. The molecule has 1 heterocycles. The van der Waals surface area contributed by atoms with Crippen LogP contribution in [0.1, 0.15) is 36.3 Å². The first kappa shape index (κ1) is 13.2. The van der Waals surface area contributed by atoms with Gasteiger partial charge in [-0.3, -0.25) is 0 Å². The molecule has 1 saturated carbocycles. The molecule has 4 rings (SSSR count). The van der Waals surface area contributed by atoms with Crippen LogP contribution in [0.5, 0.6) is 11.5 Å². The molecule has 21 heavy (non-hydrogen) atoms. The molecule has 0 saturated heterocycles. The summed E-state index contributed by atoms with van der Waals surface area (Å²) < 4.78 is 11.8. The Morgan fingerprint density at radius 2 is 2.33 bits per heavy atom. The Morgan fingerprint density at radius 1 is 1.43 bits per heavy atom. The highest BCUT2D eigenvalue weighted by atomic mass is 16.5. The lowest BCUT2D eigenvalue weighted by Gasteiger charge is -2.42. The number of ether oxygens (including phenoxy) is 2. The van der Waals surface area contributed by atoms with Gasteiger partial charge in [-0.2, -0.15) is 0 Å². The van der Waals surface area contributed by atoms with Gasteiger partial charge in [-0.1, -0.05) is 12.1 Å². The summed E-state index contributed by atoms with van der Waals surface area (Å²) in [7, 11) is 1.73. The zero-order valence-corrected chi connectivity index (χ0v) is 12.6. The van der Waals surface area contributed by atoms with E-state index in [1.165, 1.54) is 30.4 Å². The van der Waals surface area contributed by atoms with Crippen LogP contribution in [0.15, 0.2) is 24.8 Å². The van der Waals surface area contributed by atoms with Crippen LogP contribution >= 0.6 is 0 Å². The van der Waals surface area contributed by atoms with Gasteiger partial charge < -0.3 is 14.8 Å². The van der Waals surface area contributed by atoms with Crippen molar-refractivity contribution in [2.45, 2.75) is 43.7 Å². The predicted octanol–water partition coefficient (Wildman–Crippen LogP) is 3.04. The number of benzene rings is 1. The minimum absolute atomic E-state index is 0.349. The zero-order valence-electron chi connectivity index (χ0n) is 12.6. The first-order valence-electron chi connectivity index (χ1n) is 8.04. The Labute approximate surface area is 126 Å². The van der Waals surface area contributed by atoms with Crippen molar-refractivity contribution in [3.05, 3.63) is 35.9 Å². The molecule has 4 unspecified atom stereocenters. The molecule has 3 nitrogen and oxygen atoms in total. The van der Waals surface area contributed by atoms with E-state index < -0.39 is 0 Å². The van der Waals surface area contributed by atoms with E-state index in [0.29, 0.717) is 24.0 Å². The Morgan fingerprint density at radius 3 is 3.14 bits per heavy atom. The molecule has 1 aromatic rings. The van der Waals surface area contributed by atoms with Crippen molar-refractivity contribution >= 4 is 0 Å². The van der Waals surface area contributed by atoms with E-state index in [1.54, 1.807) is 7.11 Å². The van der Waals surface area contributed by atoms with Crippen molar-refractivity contribution in [1.29, 1.82) is 0 Å². The molecular formula is C18H23NO2. The summed E-state index contributed by atoms with van der Waals surface area (Å²) >= 11 is 0. The molecule has 1 aromatic carbocycles. The topological polar surface area (TPSA) is 30.5 Å². The number of methoxy groups -OCH3 is 1. The highest BCUT2D eigenvalue weighted by Gasteiger charge is 2.49. The van der Waals surface area contributed by atoms with Crippen molar-refractivity contribution in [1.82, 2.24) is 5.32 Å². The quantitative estimate of drug-likeness (QED) is 0.863. The SMILES string of the molecule is C=CCNC1Cc2ccc(OC)c3c2C2C(CCCC12)O3. The standard InChI is InChI=1S/C18H23NO2/c1-3-9-19-13-10-11-7-8-15(20-2)18-16(11)17-12(13)5-4-6-14(17)21-18/h3,7-8,12-14,17,19H,1,4-6,9-10H2,2H3. The van der Waals surface area contributed by atoms with Crippen molar-refractivity contribution in [3.8, 4) is 11.5 Å². The summed E-state index contributed by atoms with van der Waals surface area (Å²) in [5.41, 5.74) is 2.89. The third-order valence-electron chi connectivity index (χ3n) is 5.44. The molecule has 2 aliphatic carbocycles. The summed E-state index contributed by atoms with van der Waals surface area (Å²) in [6, 6.07) is 4.85. The molecule has 0 spiro atoms. The maximum atomic E-state index is 6.30. The monoisotopic (exact) mass is 285 g/mol. The van der Waals surface area contributed by atoms with Gasteiger partial charge in [-0.15, -0.1) is 6.58 Å². The minimum atomic E-state index is 0.349. The molecule has 1 aliphatic heterocycles. The summed E-state index contributed by atoms with van der Waals surface area (Å²) in [5.74, 6) is 3.16. The molecule has 3 aliphatic rings. The Kier molecular flexibility index (Phi) is 3.18. The second-order valence-electron chi connectivity index (χ2n) is 6.45. The summed E-state index contributed by atoms with van der Waals surface area (Å²) in [6.45, 7) is 4.72. The van der Waals surface area contributed by atoms with Gasteiger partial charge in [0.1, 0.15) is 6.10 Å². The number of rotatable bonds is 4. The molecule has 0 aromatic heterocycles. The van der Waals surface area contributed by atoms with Crippen LogP contribution in [0, 0.1) is 5.92 Å². The third-order valence-corrected chi connectivity index (χ3v) is 5.44. The van der Waals surface area contributed by atoms with Crippen LogP contribution in [0.3, 0.4) is 0 Å². The molecule has 112 valence electrons. The van der Waals surface area contributed by atoms with Gasteiger partial charge in [0, 0.05) is 24.1 Å². The molecule has 0 radical (unpaired) electrons. The molecule has 4 atom stereocenters. The lowest BCUT2D eigenvalue weighted by molar-refractivity contribution is 0.102. The average Bonchev–Trinajstić information content (AvgIpc) is 2.91. The van der Waals surface area contributed by atoms with Gasteiger partial charge in [0.2, 0.25) is 0 Å². The lowest BCUT2D eigenvalue weighted by Crippen LogP contribution is -2.47. The molecule has 0 amide bonds.